The summed E-state index contributed by atoms with van der Waals surface area (Å²) in [5, 5.41) is 14.9. The standard InChI is InChI=1S/C13H14N4O2/c14-12(15)11-6-7-16-17-13(11)19-9-8-18-10-4-2-1-3-5-10/h1-7H,8-9H2,(H3,14,15). The Labute approximate surface area is 110 Å². The van der Waals surface area contributed by atoms with Crippen molar-refractivity contribution in [2.75, 3.05) is 13.2 Å². The van der Waals surface area contributed by atoms with Gasteiger partial charge in [0.05, 0.1) is 11.8 Å². The highest BCUT2D eigenvalue weighted by Crippen LogP contribution is 2.12. The number of aromatic nitrogens is 2. The van der Waals surface area contributed by atoms with Crippen LogP contribution in [0.25, 0.3) is 0 Å². The number of hydrogen-bond donors (Lipinski definition) is 2. The van der Waals surface area contributed by atoms with E-state index in [1.54, 1.807) is 6.07 Å². The van der Waals surface area contributed by atoms with E-state index in [9.17, 15) is 0 Å². The molecule has 19 heavy (non-hydrogen) atoms. The number of amidine groups is 1. The molecule has 1 aromatic carbocycles. The second-order valence-corrected chi connectivity index (χ2v) is 3.67. The van der Waals surface area contributed by atoms with E-state index in [1.807, 2.05) is 30.3 Å². The minimum Gasteiger partial charge on any atom is -0.490 e. The van der Waals surface area contributed by atoms with E-state index in [4.69, 9.17) is 20.6 Å². The molecular weight excluding hydrogens is 244 g/mol. The largest absolute Gasteiger partial charge is 0.490 e. The molecule has 0 saturated carbocycles. The van der Waals surface area contributed by atoms with Crippen LogP contribution in [0.2, 0.25) is 0 Å². The zero-order valence-electron chi connectivity index (χ0n) is 10.2. The van der Waals surface area contributed by atoms with Crippen LogP contribution >= 0.6 is 0 Å². The summed E-state index contributed by atoms with van der Waals surface area (Å²) in [6, 6.07) is 11.0. The average Bonchev–Trinajstić information content (AvgIpc) is 2.45. The Balaban J connectivity index is 1.85. The molecule has 0 fully saturated rings. The fourth-order valence-electron chi connectivity index (χ4n) is 1.44. The van der Waals surface area contributed by atoms with E-state index in [2.05, 4.69) is 10.2 Å². The first kappa shape index (κ1) is 12.8. The second kappa shape index (κ2) is 6.34. The van der Waals surface area contributed by atoms with Crippen LogP contribution in [0.1, 0.15) is 5.56 Å². The summed E-state index contributed by atoms with van der Waals surface area (Å²) < 4.78 is 10.9. The number of para-hydroxylation sites is 1. The molecule has 0 aliphatic rings. The van der Waals surface area contributed by atoms with E-state index in [1.165, 1.54) is 6.20 Å². The topological polar surface area (TPSA) is 94.1 Å². The van der Waals surface area contributed by atoms with Crippen molar-refractivity contribution in [3.8, 4) is 11.6 Å². The predicted octanol–water partition coefficient (Wildman–Crippen LogP) is 1.22. The van der Waals surface area contributed by atoms with Crippen LogP contribution in [0, 0.1) is 5.41 Å². The molecule has 3 N–H and O–H groups in total. The molecule has 98 valence electrons. The Morgan fingerprint density at radius 2 is 1.84 bits per heavy atom. The van der Waals surface area contributed by atoms with Gasteiger partial charge in [0.2, 0.25) is 5.88 Å². The molecule has 0 aliphatic carbocycles. The van der Waals surface area contributed by atoms with Crippen molar-refractivity contribution in [2.45, 2.75) is 0 Å². The molecule has 0 unspecified atom stereocenters. The number of nitrogens with zero attached hydrogens (tertiary/aromatic N) is 2. The van der Waals surface area contributed by atoms with Gasteiger partial charge in [-0.05, 0) is 18.2 Å². The van der Waals surface area contributed by atoms with E-state index in [0.717, 1.165) is 5.75 Å². The first-order valence-corrected chi connectivity index (χ1v) is 5.74. The maximum atomic E-state index is 7.39. The average molecular weight is 258 g/mol. The van der Waals surface area contributed by atoms with Gasteiger partial charge in [-0.1, -0.05) is 18.2 Å². The Hall–Kier alpha value is -2.63. The highest BCUT2D eigenvalue weighted by atomic mass is 16.5. The molecular formula is C13H14N4O2. The summed E-state index contributed by atoms with van der Waals surface area (Å²) in [6.07, 6.45) is 1.46. The van der Waals surface area contributed by atoms with Gasteiger partial charge in [-0.25, -0.2) is 0 Å². The Kier molecular flexibility index (Phi) is 4.28. The van der Waals surface area contributed by atoms with Crippen molar-refractivity contribution in [1.29, 1.82) is 5.41 Å². The van der Waals surface area contributed by atoms with E-state index in [-0.39, 0.29) is 11.7 Å². The molecule has 1 aromatic heterocycles. The molecule has 0 spiro atoms. The molecule has 2 aromatic rings. The Morgan fingerprint density at radius 1 is 1.11 bits per heavy atom. The summed E-state index contributed by atoms with van der Waals surface area (Å²) in [6.45, 7) is 0.672. The molecule has 0 radical (unpaired) electrons. The maximum Gasteiger partial charge on any atom is 0.244 e. The summed E-state index contributed by atoms with van der Waals surface area (Å²) in [4.78, 5) is 0. The molecule has 1 heterocycles. The van der Waals surface area contributed by atoms with Gasteiger partial charge in [-0.3, -0.25) is 5.41 Å². The summed E-state index contributed by atoms with van der Waals surface area (Å²) in [5.41, 5.74) is 5.84. The van der Waals surface area contributed by atoms with Crippen LogP contribution in [0.5, 0.6) is 11.6 Å². The van der Waals surface area contributed by atoms with Crippen LogP contribution in [0.3, 0.4) is 0 Å². The fraction of sp³-hybridized carbons (Fsp3) is 0.154. The molecule has 0 saturated heterocycles. The summed E-state index contributed by atoms with van der Waals surface area (Å²) in [5.74, 6) is 0.914. The van der Waals surface area contributed by atoms with Crippen LogP contribution < -0.4 is 15.2 Å². The third-order valence-electron chi connectivity index (χ3n) is 2.31. The third kappa shape index (κ3) is 3.67. The lowest BCUT2D eigenvalue weighted by atomic mass is 10.3. The highest BCUT2D eigenvalue weighted by molar-refractivity contribution is 5.96. The molecule has 0 atom stereocenters. The van der Waals surface area contributed by atoms with Gasteiger partial charge in [-0.15, -0.1) is 5.10 Å². The lowest BCUT2D eigenvalue weighted by Gasteiger charge is -2.09. The number of hydrogen-bond acceptors (Lipinski definition) is 5. The zero-order valence-corrected chi connectivity index (χ0v) is 10.2. The van der Waals surface area contributed by atoms with Crippen molar-refractivity contribution in [2.24, 2.45) is 5.73 Å². The molecule has 2 rings (SSSR count). The lowest BCUT2D eigenvalue weighted by Crippen LogP contribution is -2.16. The lowest BCUT2D eigenvalue weighted by molar-refractivity contribution is 0.210. The minimum atomic E-state index is -0.103. The molecule has 0 amide bonds. The van der Waals surface area contributed by atoms with Gasteiger partial charge in [0.25, 0.3) is 0 Å². The maximum absolute atomic E-state index is 7.39. The predicted molar refractivity (Wildman–Crippen MR) is 70.5 cm³/mol. The molecule has 0 bridgehead atoms. The van der Waals surface area contributed by atoms with Crippen molar-refractivity contribution in [3.05, 3.63) is 48.2 Å². The van der Waals surface area contributed by atoms with Gasteiger partial charge >= 0.3 is 0 Å². The number of nitrogens with two attached hydrogens (primary N) is 1. The van der Waals surface area contributed by atoms with Gasteiger partial charge in [0.15, 0.2) is 0 Å². The summed E-state index contributed by atoms with van der Waals surface area (Å²) >= 11 is 0. The monoisotopic (exact) mass is 258 g/mol. The van der Waals surface area contributed by atoms with E-state index in [0.29, 0.717) is 18.8 Å². The fourth-order valence-corrected chi connectivity index (χ4v) is 1.44. The van der Waals surface area contributed by atoms with E-state index >= 15 is 0 Å². The quantitative estimate of drug-likeness (QED) is 0.461. The van der Waals surface area contributed by atoms with Gasteiger partial charge < -0.3 is 15.2 Å². The van der Waals surface area contributed by atoms with Crippen LogP contribution in [-0.4, -0.2) is 29.2 Å². The minimum absolute atomic E-state index is 0.103. The molecule has 6 heteroatoms. The Bertz CT molecular complexity index is 545. The first-order chi connectivity index (χ1) is 9.27. The second-order valence-electron chi connectivity index (χ2n) is 3.67. The van der Waals surface area contributed by atoms with Crippen molar-refractivity contribution in [1.82, 2.24) is 10.2 Å². The smallest absolute Gasteiger partial charge is 0.244 e. The number of rotatable bonds is 6. The van der Waals surface area contributed by atoms with Gasteiger partial charge in [-0.2, -0.15) is 5.10 Å². The summed E-state index contributed by atoms with van der Waals surface area (Å²) in [7, 11) is 0. The van der Waals surface area contributed by atoms with Gasteiger partial charge in [0.1, 0.15) is 24.8 Å². The number of nitrogens with one attached hydrogen (secondary N) is 1. The number of nitrogen functional groups attached to an aromatic ring is 1. The van der Waals surface area contributed by atoms with E-state index < -0.39 is 0 Å². The molecule has 0 aliphatic heterocycles. The molecule has 6 nitrogen and oxygen atoms in total. The SMILES string of the molecule is N=C(N)c1ccnnc1OCCOc1ccccc1. The number of benzene rings is 1. The van der Waals surface area contributed by atoms with Crippen LogP contribution in [0.4, 0.5) is 0 Å². The van der Waals surface area contributed by atoms with Crippen molar-refractivity contribution < 1.29 is 9.47 Å². The number of ether oxygens (including phenoxy) is 2. The Morgan fingerprint density at radius 3 is 2.58 bits per heavy atom. The normalized spacial score (nSPS) is 9.89. The first-order valence-electron chi connectivity index (χ1n) is 5.74. The highest BCUT2D eigenvalue weighted by Gasteiger charge is 2.07. The van der Waals surface area contributed by atoms with Gasteiger partial charge in [0, 0.05) is 0 Å². The van der Waals surface area contributed by atoms with Crippen LogP contribution in [-0.2, 0) is 0 Å². The van der Waals surface area contributed by atoms with Crippen LogP contribution in [0.15, 0.2) is 42.6 Å². The third-order valence-corrected chi connectivity index (χ3v) is 2.31. The zero-order chi connectivity index (χ0) is 13.5. The van der Waals surface area contributed by atoms with Crippen molar-refractivity contribution in [3.63, 3.8) is 0 Å². The van der Waals surface area contributed by atoms with Crippen molar-refractivity contribution >= 4 is 5.84 Å².